The maximum atomic E-state index is 12.0. The lowest BCUT2D eigenvalue weighted by Crippen LogP contribution is -2.39. The highest BCUT2D eigenvalue weighted by molar-refractivity contribution is 5.87. The number of amides is 1. The average Bonchev–Trinajstić information content (AvgIpc) is 2.40. The molecule has 0 atom stereocenters. The monoisotopic (exact) mass is 280 g/mol. The lowest BCUT2D eigenvalue weighted by molar-refractivity contribution is -0.129. The fourth-order valence-electron chi connectivity index (χ4n) is 1.84. The number of hydrogen-bond donors (Lipinski definition) is 2. The predicted molar refractivity (Wildman–Crippen MR) is 76.8 cm³/mol. The summed E-state index contributed by atoms with van der Waals surface area (Å²) >= 11 is 0. The van der Waals surface area contributed by atoms with Gasteiger partial charge in [-0.25, -0.2) is 9.78 Å². The fourth-order valence-corrected chi connectivity index (χ4v) is 1.84. The summed E-state index contributed by atoms with van der Waals surface area (Å²) in [5, 5.41) is 8.93. The van der Waals surface area contributed by atoms with E-state index in [9.17, 15) is 9.59 Å². The number of likely N-dealkylation sites (N-methyl/N-ethyl adjacent to an activating group) is 2. The third kappa shape index (κ3) is 3.59. The van der Waals surface area contributed by atoms with Gasteiger partial charge in [0.1, 0.15) is 0 Å². The van der Waals surface area contributed by atoms with Crippen LogP contribution in [0.15, 0.2) is 12.1 Å². The first-order chi connectivity index (χ1) is 9.40. The number of rotatable bonds is 6. The van der Waals surface area contributed by atoms with Crippen molar-refractivity contribution in [2.24, 2.45) is 0 Å². The maximum absolute atomic E-state index is 12.0. The van der Waals surface area contributed by atoms with Crippen LogP contribution in [0.2, 0.25) is 0 Å². The quantitative estimate of drug-likeness (QED) is 0.794. The Balaban J connectivity index is 2.91. The molecule has 1 aromatic rings. The Kier molecular flexibility index (Phi) is 5.31. The number of carboxylic acids is 1. The van der Waals surface area contributed by atoms with Crippen LogP contribution in [0.5, 0.6) is 0 Å². The number of aromatic carboxylic acids is 1. The number of nitrogen functional groups attached to an aromatic ring is 1. The van der Waals surface area contributed by atoms with E-state index in [4.69, 9.17) is 10.8 Å². The molecule has 1 amide bonds. The van der Waals surface area contributed by atoms with Crippen LogP contribution in [0, 0.1) is 0 Å². The molecule has 0 saturated heterocycles. The third-order valence-corrected chi connectivity index (χ3v) is 2.97. The molecular weight excluding hydrogens is 260 g/mol. The highest BCUT2D eigenvalue weighted by atomic mass is 16.4. The van der Waals surface area contributed by atoms with Gasteiger partial charge in [0.25, 0.3) is 0 Å². The van der Waals surface area contributed by atoms with Gasteiger partial charge in [0.05, 0.1) is 12.2 Å². The molecular formula is C13H20N4O3. The van der Waals surface area contributed by atoms with Crippen LogP contribution < -0.4 is 10.6 Å². The van der Waals surface area contributed by atoms with Crippen LogP contribution in [0.25, 0.3) is 0 Å². The van der Waals surface area contributed by atoms with Gasteiger partial charge in [0.15, 0.2) is 11.5 Å². The number of carbonyl (C=O) groups is 2. The molecule has 0 fully saturated rings. The van der Waals surface area contributed by atoms with Crippen molar-refractivity contribution >= 4 is 23.4 Å². The Bertz CT molecular complexity index is 500. The van der Waals surface area contributed by atoms with Gasteiger partial charge in [0, 0.05) is 20.1 Å². The van der Waals surface area contributed by atoms with E-state index in [1.165, 1.54) is 12.1 Å². The van der Waals surface area contributed by atoms with Gasteiger partial charge >= 0.3 is 5.97 Å². The van der Waals surface area contributed by atoms with E-state index < -0.39 is 5.97 Å². The van der Waals surface area contributed by atoms with E-state index in [1.807, 2.05) is 13.8 Å². The summed E-state index contributed by atoms with van der Waals surface area (Å²) in [5.74, 6) is -0.889. The minimum absolute atomic E-state index is 0.0561. The molecule has 7 heteroatoms. The fraction of sp³-hybridized carbons (Fsp3) is 0.462. The summed E-state index contributed by atoms with van der Waals surface area (Å²) in [6.07, 6.45) is 0. The van der Waals surface area contributed by atoms with Crippen molar-refractivity contribution in [1.29, 1.82) is 0 Å². The van der Waals surface area contributed by atoms with E-state index in [2.05, 4.69) is 4.98 Å². The van der Waals surface area contributed by atoms with Gasteiger partial charge in [-0.3, -0.25) is 4.79 Å². The number of nitrogens with two attached hydrogens (primary N) is 1. The Morgan fingerprint density at radius 2 is 1.90 bits per heavy atom. The van der Waals surface area contributed by atoms with Crippen LogP contribution >= 0.6 is 0 Å². The SMILES string of the molecule is CCN(CC)C(=O)CN(C)c1nc(C(=O)O)ccc1N. The second-order valence-electron chi connectivity index (χ2n) is 4.34. The minimum atomic E-state index is -1.13. The summed E-state index contributed by atoms with van der Waals surface area (Å²) in [6, 6.07) is 2.81. The molecule has 0 aliphatic heterocycles. The average molecular weight is 280 g/mol. The van der Waals surface area contributed by atoms with Crippen molar-refractivity contribution in [3.8, 4) is 0 Å². The van der Waals surface area contributed by atoms with Crippen LogP contribution in [0.3, 0.4) is 0 Å². The van der Waals surface area contributed by atoms with E-state index in [0.717, 1.165) is 0 Å². The second kappa shape index (κ2) is 6.74. The first kappa shape index (κ1) is 15.7. The largest absolute Gasteiger partial charge is 0.477 e. The molecule has 1 aromatic heterocycles. The maximum Gasteiger partial charge on any atom is 0.354 e. The molecule has 7 nitrogen and oxygen atoms in total. The summed E-state index contributed by atoms with van der Waals surface area (Å²) in [7, 11) is 1.66. The predicted octanol–water partition coefficient (Wildman–Crippen LogP) is 0.667. The van der Waals surface area contributed by atoms with Gasteiger partial charge in [0.2, 0.25) is 5.91 Å². The third-order valence-electron chi connectivity index (χ3n) is 2.97. The number of pyridine rings is 1. The standard InChI is InChI=1S/C13H20N4O3/c1-4-17(5-2)11(18)8-16(3)12-9(14)6-7-10(15-12)13(19)20/h6-7H,4-5,8,14H2,1-3H3,(H,19,20). The molecule has 1 rings (SSSR count). The van der Waals surface area contributed by atoms with Gasteiger partial charge in [-0.2, -0.15) is 0 Å². The Morgan fingerprint density at radius 3 is 2.40 bits per heavy atom. The van der Waals surface area contributed by atoms with Crippen molar-refractivity contribution in [2.45, 2.75) is 13.8 Å². The highest BCUT2D eigenvalue weighted by Gasteiger charge is 2.17. The number of carbonyl (C=O) groups excluding carboxylic acids is 1. The minimum Gasteiger partial charge on any atom is -0.477 e. The van der Waals surface area contributed by atoms with E-state index in [0.29, 0.717) is 24.6 Å². The Morgan fingerprint density at radius 1 is 1.30 bits per heavy atom. The van der Waals surface area contributed by atoms with Gasteiger partial charge < -0.3 is 20.6 Å². The zero-order valence-electron chi connectivity index (χ0n) is 12.0. The normalized spacial score (nSPS) is 10.2. The molecule has 0 bridgehead atoms. The first-order valence-corrected chi connectivity index (χ1v) is 6.39. The van der Waals surface area contributed by atoms with Crippen LogP contribution in [0.4, 0.5) is 11.5 Å². The van der Waals surface area contributed by atoms with Gasteiger partial charge in [-0.1, -0.05) is 0 Å². The molecule has 0 unspecified atom stereocenters. The highest BCUT2D eigenvalue weighted by Crippen LogP contribution is 2.19. The van der Waals surface area contributed by atoms with E-state index in [1.54, 1.807) is 16.8 Å². The lowest BCUT2D eigenvalue weighted by Gasteiger charge is -2.24. The van der Waals surface area contributed by atoms with Crippen LogP contribution in [-0.2, 0) is 4.79 Å². The Labute approximate surface area is 118 Å². The van der Waals surface area contributed by atoms with Crippen molar-refractivity contribution in [2.75, 3.05) is 37.3 Å². The zero-order valence-corrected chi connectivity index (χ0v) is 12.0. The smallest absolute Gasteiger partial charge is 0.354 e. The van der Waals surface area contributed by atoms with Crippen molar-refractivity contribution < 1.29 is 14.7 Å². The molecule has 0 aliphatic rings. The Hall–Kier alpha value is -2.31. The van der Waals surface area contributed by atoms with Crippen molar-refractivity contribution in [3.63, 3.8) is 0 Å². The molecule has 110 valence electrons. The molecule has 0 spiro atoms. The molecule has 0 saturated carbocycles. The second-order valence-corrected chi connectivity index (χ2v) is 4.34. The van der Waals surface area contributed by atoms with E-state index >= 15 is 0 Å². The molecule has 20 heavy (non-hydrogen) atoms. The number of aromatic nitrogens is 1. The summed E-state index contributed by atoms with van der Waals surface area (Å²) < 4.78 is 0. The number of anilines is 2. The van der Waals surface area contributed by atoms with Crippen molar-refractivity contribution in [1.82, 2.24) is 9.88 Å². The molecule has 0 aliphatic carbocycles. The van der Waals surface area contributed by atoms with Crippen molar-refractivity contribution in [3.05, 3.63) is 17.8 Å². The lowest BCUT2D eigenvalue weighted by atomic mass is 10.3. The summed E-state index contributed by atoms with van der Waals surface area (Å²) in [4.78, 5) is 30.1. The van der Waals surface area contributed by atoms with Crippen LogP contribution in [0.1, 0.15) is 24.3 Å². The summed E-state index contributed by atoms with van der Waals surface area (Å²) in [6.45, 7) is 5.16. The molecule has 0 aromatic carbocycles. The van der Waals surface area contributed by atoms with E-state index in [-0.39, 0.29) is 18.1 Å². The first-order valence-electron chi connectivity index (χ1n) is 6.39. The number of nitrogens with zero attached hydrogens (tertiary/aromatic N) is 3. The molecule has 3 N–H and O–H groups in total. The van der Waals surface area contributed by atoms with Crippen LogP contribution in [-0.4, -0.2) is 53.5 Å². The zero-order chi connectivity index (χ0) is 15.3. The topological polar surface area (TPSA) is 99.8 Å². The number of carboxylic acid groups (broad SMARTS) is 1. The number of hydrogen-bond acceptors (Lipinski definition) is 5. The molecule has 0 radical (unpaired) electrons. The summed E-state index contributed by atoms with van der Waals surface area (Å²) in [5.41, 5.74) is 6.02. The van der Waals surface area contributed by atoms with Gasteiger partial charge in [-0.05, 0) is 26.0 Å². The molecule has 1 heterocycles. The van der Waals surface area contributed by atoms with Gasteiger partial charge in [-0.15, -0.1) is 0 Å².